The largest absolute Gasteiger partial charge is 0.480 e. The summed E-state index contributed by atoms with van der Waals surface area (Å²) in [6.07, 6.45) is 0. The van der Waals surface area contributed by atoms with E-state index in [2.05, 4.69) is 4.90 Å². The number of carbonyl (C=O) groups is 1. The van der Waals surface area contributed by atoms with E-state index in [9.17, 15) is 9.90 Å². The van der Waals surface area contributed by atoms with Crippen molar-refractivity contribution >= 4 is 28.7 Å². The molecule has 0 saturated carbocycles. The van der Waals surface area contributed by atoms with Crippen molar-refractivity contribution in [3.8, 4) is 5.06 Å². The number of likely N-dealkylation sites (N-methyl/N-ethyl adjacent to an activating group) is 1. The second-order valence-corrected chi connectivity index (χ2v) is 4.96. The Morgan fingerprint density at radius 3 is 2.94 bits per heavy atom. The molecular formula is C10H12N2O3S. The molecule has 0 aromatic carbocycles. The number of aromatic carboxylic acids is 1. The molecule has 2 aliphatic rings. The number of hydrogen-bond acceptors (Lipinski definition) is 5. The van der Waals surface area contributed by atoms with Crippen molar-refractivity contribution in [1.82, 2.24) is 0 Å². The Morgan fingerprint density at radius 1 is 1.38 bits per heavy atom. The summed E-state index contributed by atoms with van der Waals surface area (Å²) in [6, 6.07) is 0. The molecule has 0 atom stereocenters. The van der Waals surface area contributed by atoms with Crippen molar-refractivity contribution in [2.75, 3.05) is 43.1 Å². The maximum atomic E-state index is 11.2. The zero-order chi connectivity index (χ0) is 11.3. The molecule has 6 heteroatoms. The summed E-state index contributed by atoms with van der Waals surface area (Å²) in [5.41, 5.74) is 1.79. The number of thiophene rings is 1. The quantitative estimate of drug-likeness (QED) is 0.796. The molecule has 1 N–H and O–H groups in total. The predicted molar refractivity (Wildman–Crippen MR) is 62.3 cm³/mol. The van der Waals surface area contributed by atoms with Gasteiger partial charge in [-0.25, -0.2) is 4.79 Å². The van der Waals surface area contributed by atoms with Crippen LogP contribution in [0.25, 0.3) is 0 Å². The third-order valence-corrected chi connectivity index (χ3v) is 4.09. The minimum absolute atomic E-state index is 0.388. The van der Waals surface area contributed by atoms with Gasteiger partial charge in [-0.3, -0.25) is 0 Å². The lowest BCUT2D eigenvalue weighted by Gasteiger charge is -2.37. The highest BCUT2D eigenvalue weighted by atomic mass is 32.1. The van der Waals surface area contributed by atoms with Crippen LogP contribution in [0.4, 0.5) is 11.4 Å². The van der Waals surface area contributed by atoms with E-state index in [-0.39, 0.29) is 0 Å². The molecule has 1 aromatic rings. The first-order valence-electron chi connectivity index (χ1n) is 5.17. The number of rotatable bonds is 1. The van der Waals surface area contributed by atoms with Gasteiger partial charge in [-0.15, -0.1) is 0 Å². The number of ether oxygens (including phenoxy) is 1. The van der Waals surface area contributed by atoms with Crippen LogP contribution in [0.1, 0.15) is 9.67 Å². The topological polar surface area (TPSA) is 53.0 Å². The summed E-state index contributed by atoms with van der Waals surface area (Å²) < 4.78 is 5.54. The van der Waals surface area contributed by atoms with Crippen LogP contribution >= 0.6 is 11.3 Å². The van der Waals surface area contributed by atoms with Gasteiger partial charge < -0.3 is 19.6 Å². The minimum Gasteiger partial charge on any atom is -0.480 e. The molecule has 0 saturated heterocycles. The Morgan fingerprint density at radius 2 is 2.19 bits per heavy atom. The van der Waals surface area contributed by atoms with E-state index in [0.717, 1.165) is 36.1 Å². The Bertz CT molecular complexity index is 457. The van der Waals surface area contributed by atoms with Gasteiger partial charge in [0, 0.05) is 20.1 Å². The Labute approximate surface area is 96.8 Å². The lowest BCUT2D eigenvalue weighted by molar-refractivity contribution is 0.0702. The zero-order valence-corrected chi connectivity index (χ0v) is 9.71. The maximum absolute atomic E-state index is 11.2. The molecule has 5 nitrogen and oxygen atoms in total. The summed E-state index contributed by atoms with van der Waals surface area (Å²) in [4.78, 5) is 15.8. The van der Waals surface area contributed by atoms with Gasteiger partial charge in [0.15, 0.2) is 0 Å². The molecule has 0 bridgehead atoms. The van der Waals surface area contributed by atoms with Crippen LogP contribution in [0, 0.1) is 0 Å². The molecule has 2 aliphatic heterocycles. The molecule has 0 amide bonds. The van der Waals surface area contributed by atoms with Crippen molar-refractivity contribution in [2.24, 2.45) is 0 Å². The van der Waals surface area contributed by atoms with Gasteiger partial charge in [0.05, 0.1) is 12.2 Å². The van der Waals surface area contributed by atoms with Crippen LogP contribution in [0.2, 0.25) is 0 Å². The van der Waals surface area contributed by atoms with E-state index in [4.69, 9.17) is 4.74 Å². The third kappa shape index (κ3) is 1.19. The molecule has 3 heterocycles. The van der Waals surface area contributed by atoms with Gasteiger partial charge in [-0.1, -0.05) is 11.3 Å². The van der Waals surface area contributed by atoms with E-state index in [1.807, 2.05) is 11.9 Å². The van der Waals surface area contributed by atoms with Gasteiger partial charge >= 0.3 is 5.97 Å². The highest BCUT2D eigenvalue weighted by molar-refractivity contribution is 7.17. The van der Waals surface area contributed by atoms with E-state index in [1.54, 1.807) is 0 Å². The van der Waals surface area contributed by atoms with Crippen LogP contribution in [0.3, 0.4) is 0 Å². The lowest BCUT2D eigenvalue weighted by atomic mass is 10.2. The van der Waals surface area contributed by atoms with Crippen LogP contribution < -0.4 is 14.5 Å². The van der Waals surface area contributed by atoms with Gasteiger partial charge in [0.25, 0.3) is 0 Å². The van der Waals surface area contributed by atoms with E-state index in [1.165, 1.54) is 11.3 Å². The highest BCUT2D eigenvalue weighted by Crippen LogP contribution is 2.50. The Kier molecular flexibility index (Phi) is 2.00. The SMILES string of the molecule is CN1CCN2CCOc3sc(C(=O)O)c1c32. The second-order valence-electron chi connectivity index (χ2n) is 3.98. The minimum atomic E-state index is -0.869. The molecule has 1 aromatic heterocycles. The number of hydrogen-bond donors (Lipinski definition) is 1. The average molecular weight is 240 g/mol. The van der Waals surface area contributed by atoms with Crippen LogP contribution in [-0.2, 0) is 0 Å². The van der Waals surface area contributed by atoms with Crippen LogP contribution in [0.5, 0.6) is 5.06 Å². The van der Waals surface area contributed by atoms with Crippen LogP contribution in [0.15, 0.2) is 0 Å². The van der Waals surface area contributed by atoms with Crippen molar-refractivity contribution < 1.29 is 14.6 Å². The van der Waals surface area contributed by atoms with E-state index >= 15 is 0 Å². The number of nitrogens with zero attached hydrogens (tertiary/aromatic N) is 2. The van der Waals surface area contributed by atoms with Gasteiger partial charge in [0.1, 0.15) is 17.2 Å². The zero-order valence-electron chi connectivity index (χ0n) is 8.89. The van der Waals surface area contributed by atoms with E-state index in [0.29, 0.717) is 11.5 Å². The summed E-state index contributed by atoms with van der Waals surface area (Å²) >= 11 is 1.24. The summed E-state index contributed by atoms with van der Waals surface area (Å²) in [5.74, 6) is -0.869. The van der Waals surface area contributed by atoms with Crippen molar-refractivity contribution in [2.45, 2.75) is 0 Å². The fourth-order valence-electron chi connectivity index (χ4n) is 2.24. The fraction of sp³-hybridized carbons (Fsp3) is 0.500. The Balaban J connectivity index is 2.22. The average Bonchev–Trinajstić information content (AvgIpc) is 2.65. The molecule has 0 spiro atoms. The monoisotopic (exact) mass is 240 g/mol. The fourth-order valence-corrected chi connectivity index (χ4v) is 3.32. The van der Waals surface area contributed by atoms with E-state index < -0.39 is 5.97 Å². The van der Waals surface area contributed by atoms with Crippen molar-refractivity contribution in [1.29, 1.82) is 0 Å². The lowest BCUT2D eigenvalue weighted by Crippen LogP contribution is -2.42. The van der Waals surface area contributed by atoms with Gasteiger partial charge in [-0.2, -0.15) is 0 Å². The molecule has 0 aliphatic carbocycles. The molecule has 86 valence electrons. The molecule has 0 unspecified atom stereocenters. The number of carboxylic acid groups (broad SMARTS) is 1. The molecular weight excluding hydrogens is 228 g/mol. The molecule has 16 heavy (non-hydrogen) atoms. The Hall–Kier alpha value is -1.43. The molecule has 0 radical (unpaired) electrons. The first kappa shape index (κ1) is 9.77. The summed E-state index contributed by atoms with van der Waals surface area (Å²) in [5, 5.41) is 9.94. The number of carboxylic acids is 1. The number of anilines is 2. The summed E-state index contributed by atoms with van der Waals surface area (Å²) in [6.45, 7) is 3.30. The molecule has 0 fully saturated rings. The maximum Gasteiger partial charge on any atom is 0.348 e. The predicted octanol–water partition coefficient (Wildman–Crippen LogP) is 1.09. The van der Waals surface area contributed by atoms with Gasteiger partial charge in [0.2, 0.25) is 5.06 Å². The van der Waals surface area contributed by atoms with Crippen molar-refractivity contribution in [3.05, 3.63) is 4.88 Å². The molecule has 3 rings (SSSR count). The third-order valence-electron chi connectivity index (χ3n) is 3.02. The smallest absolute Gasteiger partial charge is 0.348 e. The van der Waals surface area contributed by atoms with Crippen LogP contribution in [-0.4, -0.2) is 44.4 Å². The van der Waals surface area contributed by atoms with Crippen molar-refractivity contribution in [3.63, 3.8) is 0 Å². The second kappa shape index (κ2) is 3.28. The normalized spacial score (nSPS) is 18.1. The van der Waals surface area contributed by atoms with Gasteiger partial charge in [-0.05, 0) is 0 Å². The standard InChI is InChI=1S/C10H12N2O3S/c1-11-2-3-12-4-5-15-10-7(12)6(11)8(16-10)9(13)14/h2-5H2,1H3,(H,13,14). The summed E-state index contributed by atoms with van der Waals surface area (Å²) in [7, 11) is 1.93. The first-order chi connectivity index (χ1) is 7.68. The highest BCUT2D eigenvalue weighted by Gasteiger charge is 2.34. The first-order valence-corrected chi connectivity index (χ1v) is 5.99.